The van der Waals surface area contributed by atoms with Crippen LogP contribution in [0.4, 0.5) is 0 Å². The van der Waals surface area contributed by atoms with Crippen LogP contribution >= 0.6 is 0 Å². The number of methoxy groups -OCH3 is 1. The van der Waals surface area contributed by atoms with Gasteiger partial charge in [-0.1, -0.05) is 18.2 Å². The number of rotatable bonds is 4. The molecule has 0 aliphatic carbocycles. The maximum Gasteiger partial charge on any atom is 0.135 e. The van der Waals surface area contributed by atoms with E-state index >= 15 is 0 Å². The fourth-order valence-corrected chi connectivity index (χ4v) is 1.77. The normalized spacial score (nSPS) is 11.1. The Balaban J connectivity index is 2.53. The van der Waals surface area contributed by atoms with E-state index in [1.807, 2.05) is 25.2 Å². The van der Waals surface area contributed by atoms with Gasteiger partial charge in [0.05, 0.1) is 0 Å². The molecular formula is C12H15NO2. The Morgan fingerprint density at radius 1 is 1.33 bits per heavy atom. The first-order valence-electron chi connectivity index (χ1n) is 4.99. The Morgan fingerprint density at radius 2 is 2.13 bits per heavy atom. The Labute approximate surface area is 89.0 Å². The monoisotopic (exact) mass is 205 g/mol. The van der Waals surface area contributed by atoms with E-state index in [4.69, 9.17) is 9.15 Å². The highest BCUT2D eigenvalue weighted by molar-refractivity contribution is 5.82. The number of nitrogens with one attached hydrogen (secondary N) is 1. The van der Waals surface area contributed by atoms with Crippen molar-refractivity contribution in [3.8, 4) is 0 Å². The van der Waals surface area contributed by atoms with Crippen LogP contribution in [-0.4, -0.2) is 14.2 Å². The number of ether oxygens (including phenoxy) is 1. The molecule has 0 unspecified atom stereocenters. The summed E-state index contributed by atoms with van der Waals surface area (Å²) in [4.78, 5) is 0. The van der Waals surface area contributed by atoms with Gasteiger partial charge in [0.25, 0.3) is 0 Å². The van der Waals surface area contributed by atoms with Crippen molar-refractivity contribution in [1.82, 2.24) is 5.32 Å². The quantitative estimate of drug-likeness (QED) is 0.831. The van der Waals surface area contributed by atoms with E-state index in [9.17, 15) is 0 Å². The molecule has 0 saturated carbocycles. The smallest absolute Gasteiger partial charge is 0.135 e. The number of furan rings is 1. The molecule has 1 N–H and O–H groups in total. The largest absolute Gasteiger partial charge is 0.458 e. The topological polar surface area (TPSA) is 34.4 Å². The summed E-state index contributed by atoms with van der Waals surface area (Å²) in [5.74, 6) is 0.910. The zero-order valence-corrected chi connectivity index (χ0v) is 9.04. The van der Waals surface area contributed by atoms with Gasteiger partial charge in [-0.15, -0.1) is 0 Å². The number of benzene rings is 1. The molecule has 0 aliphatic rings. The van der Waals surface area contributed by atoms with Crippen molar-refractivity contribution in [3.05, 3.63) is 35.6 Å². The highest BCUT2D eigenvalue weighted by Crippen LogP contribution is 2.26. The van der Waals surface area contributed by atoms with E-state index in [-0.39, 0.29) is 0 Å². The second-order valence-corrected chi connectivity index (χ2v) is 3.46. The second kappa shape index (κ2) is 4.47. The lowest BCUT2D eigenvalue weighted by Gasteiger charge is -2.00. The van der Waals surface area contributed by atoms with Gasteiger partial charge >= 0.3 is 0 Å². The molecule has 0 bridgehead atoms. The fraction of sp³-hybridized carbons (Fsp3) is 0.333. The molecular weight excluding hydrogens is 190 g/mol. The summed E-state index contributed by atoms with van der Waals surface area (Å²) in [5.41, 5.74) is 2.12. The van der Waals surface area contributed by atoms with Crippen LogP contribution in [0.15, 0.2) is 28.7 Å². The molecule has 15 heavy (non-hydrogen) atoms. The van der Waals surface area contributed by atoms with Gasteiger partial charge in [0.15, 0.2) is 0 Å². The summed E-state index contributed by atoms with van der Waals surface area (Å²) in [6.45, 7) is 1.32. The summed E-state index contributed by atoms with van der Waals surface area (Å²) in [6.07, 6.45) is 0. The van der Waals surface area contributed by atoms with Crippen LogP contribution in [-0.2, 0) is 17.9 Å². The van der Waals surface area contributed by atoms with E-state index in [0.717, 1.165) is 17.9 Å². The van der Waals surface area contributed by atoms with Crippen molar-refractivity contribution < 1.29 is 9.15 Å². The number of para-hydroxylation sites is 1. The number of hydrogen-bond donors (Lipinski definition) is 1. The molecule has 80 valence electrons. The highest BCUT2D eigenvalue weighted by Gasteiger charge is 2.12. The third-order valence-corrected chi connectivity index (χ3v) is 2.41. The SMILES string of the molecule is CNCc1c(COC)oc2ccccc12. The highest BCUT2D eigenvalue weighted by atomic mass is 16.5. The van der Waals surface area contributed by atoms with Crippen molar-refractivity contribution in [1.29, 1.82) is 0 Å². The van der Waals surface area contributed by atoms with E-state index in [0.29, 0.717) is 6.61 Å². The summed E-state index contributed by atoms with van der Waals surface area (Å²) in [5, 5.41) is 4.31. The Bertz CT molecular complexity index is 448. The van der Waals surface area contributed by atoms with Crippen LogP contribution < -0.4 is 5.32 Å². The van der Waals surface area contributed by atoms with Gasteiger partial charge in [-0.05, 0) is 13.1 Å². The van der Waals surface area contributed by atoms with Gasteiger partial charge in [-0.2, -0.15) is 0 Å². The summed E-state index contributed by atoms with van der Waals surface area (Å²) in [7, 11) is 3.61. The van der Waals surface area contributed by atoms with Crippen molar-refractivity contribution in [2.45, 2.75) is 13.2 Å². The Kier molecular flexibility index (Phi) is 3.04. The molecule has 0 fully saturated rings. The molecule has 1 aromatic heterocycles. The Morgan fingerprint density at radius 3 is 2.87 bits per heavy atom. The van der Waals surface area contributed by atoms with Crippen molar-refractivity contribution in [2.24, 2.45) is 0 Å². The molecule has 3 heteroatoms. The number of hydrogen-bond acceptors (Lipinski definition) is 3. The van der Waals surface area contributed by atoms with Crippen LogP contribution in [0, 0.1) is 0 Å². The van der Waals surface area contributed by atoms with Crippen molar-refractivity contribution >= 4 is 11.0 Å². The van der Waals surface area contributed by atoms with Crippen LogP contribution in [0.2, 0.25) is 0 Å². The lowest BCUT2D eigenvalue weighted by Crippen LogP contribution is -2.06. The van der Waals surface area contributed by atoms with Crippen LogP contribution in [0.3, 0.4) is 0 Å². The average Bonchev–Trinajstić information content (AvgIpc) is 2.59. The first kappa shape index (κ1) is 10.2. The summed E-state index contributed by atoms with van der Waals surface area (Å²) in [6, 6.07) is 8.05. The molecule has 1 aromatic carbocycles. The maximum atomic E-state index is 5.73. The van der Waals surface area contributed by atoms with Gasteiger partial charge in [0.2, 0.25) is 0 Å². The zero-order valence-electron chi connectivity index (χ0n) is 9.04. The predicted octanol–water partition coefficient (Wildman–Crippen LogP) is 2.30. The summed E-state index contributed by atoms with van der Waals surface area (Å²) >= 11 is 0. The minimum absolute atomic E-state index is 0.520. The molecule has 1 heterocycles. The van der Waals surface area contributed by atoms with Crippen LogP contribution in [0.5, 0.6) is 0 Å². The minimum Gasteiger partial charge on any atom is -0.458 e. The molecule has 0 amide bonds. The lowest BCUT2D eigenvalue weighted by molar-refractivity contribution is 0.165. The van der Waals surface area contributed by atoms with E-state index < -0.39 is 0 Å². The maximum absolute atomic E-state index is 5.73. The third-order valence-electron chi connectivity index (χ3n) is 2.41. The zero-order chi connectivity index (χ0) is 10.7. The van der Waals surface area contributed by atoms with Crippen LogP contribution in [0.1, 0.15) is 11.3 Å². The second-order valence-electron chi connectivity index (χ2n) is 3.46. The molecule has 0 aliphatic heterocycles. The van der Waals surface area contributed by atoms with Crippen LogP contribution in [0.25, 0.3) is 11.0 Å². The minimum atomic E-state index is 0.520. The van der Waals surface area contributed by atoms with E-state index in [2.05, 4.69) is 11.4 Å². The molecule has 2 aromatic rings. The van der Waals surface area contributed by atoms with E-state index in [1.54, 1.807) is 7.11 Å². The molecule has 0 spiro atoms. The third kappa shape index (κ3) is 1.89. The Hall–Kier alpha value is -1.32. The molecule has 2 rings (SSSR count). The standard InChI is InChI=1S/C12H15NO2/c1-13-7-10-9-5-3-4-6-11(9)15-12(10)8-14-2/h3-6,13H,7-8H2,1-2H3. The lowest BCUT2D eigenvalue weighted by atomic mass is 10.1. The first-order valence-corrected chi connectivity index (χ1v) is 4.99. The molecule has 3 nitrogen and oxygen atoms in total. The molecule has 0 radical (unpaired) electrons. The average molecular weight is 205 g/mol. The van der Waals surface area contributed by atoms with E-state index in [1.165, 1.54) is 10.9 Å². The predicted molar refractivity (Wildman–Crippen MR) is 59.7 cm³/mol. The fourth-order valence-electron chi connectivity index (χ4n) is 1.77. The molecule has 0 saturated heterocycles. The number of fused-ring (bicyclic) bond motifs is 1. The van der Waals surface area contributed by atoms with Gasteiger partial charge in [-0.3, -0.25) is 0 Å². The first-order chi connectivity index (χ1) is 7.36. The van der Waals surface area contributed by atoms with Gasteiger partial charge in [0, 0.05) is 24.6 Å². The van der Waals surface area contributed by atoms with Gasteiger partial charge < -0.3 is 14.5 Å². The van der Waals surface area contributed by atoms with Crippen molar-refractivity contribution in [2.75, 3.05) is 14.2 Å². The van der Waals surface area contributed by atoms with Gasteiger partial charge in [0.1, 0.15) is 18.0 Å². The molecule has 0 atom stereocenters. The van der Waals surface area contributed by atoms with Gasteiger partial charge in [-0.25, -0.2) is 0 Å². The van der Waals surface area contributed by atoms with Crippen molar-refractivity contribution in [3.63, 3.8) is 0 Å². The summed E-state index contributed by atoms with van der Waals surface area (Å²) < 4.78 is 10.9.